The molecule has 1 aromatic heterocycles. The fourth-order valence-electron chi connectivity index (χ4n) is 2.88. The Morgan fingerprint density at radius 3 is 3.12 bits per heavy atom. The number of nitrogens with zero attached hydrogens (tertiary/aromatic N) is 3. The van der Waals surface area contributed by atoms with Gasteiger partial charge in [-0.15, -0.1) is 5.10 Å². The highest BCUT2D eigenvalue weighted by Crippen LogP contribution is 2.20. The van der Waals surface area contributed by atoms with Gasteiger partial charge in [0.15, 0.2) is 0 Å². The van der Waals surface area contributed by atoms with Crippen LogP contribution in [0.2, 0.25) is 0 Å². The molecule has 1 aliphatic heterocycles. The molecule has 2 aromatic rings. The van der Waals surface area contributed by atoms with Gasteiger partial charge in [0.2, 0.25) is 0 Å². The van der Waals surface area contributed by atoms with E-state index in [0.717, 1.165) is 30.2 Å². The average molecular weight is 344 g/mol. The molecule has 1 aromatic carbocycles. The van der Waals surface area contributed by atoms with Crippen molar-refractivity contribution in [3.63, 3.8) is 0 Å². The third-order valence-corrected chi connectivity index (χ3v) is 4.22. The number of aliphatic hydroxyl groups is 1. The molecule has 0 aliphatic carbocycles. The van der Waals surface area contributed by atoms with Gasteiger partial charge in [0.1, 0.15) is 11.6 Å². The second-order valence-corrected chi connectivity index (χ2v) is 6.03. The largest absolute Gasteiger partial charge is 0.497 e. The summed E-state index contributed by atoms with van der Waals surface area (Å²) in [7, 11) is 1.63. The van der Waals surface area contributed by atoms with E-state index in [4.69, 9.17) is 9.47 Å². The van der Waals surface area contributed by atoms with Crippen molar-refractivity contribution in [2.24, 2.45) is 0 Å². The number of hydrogen-bond acceptors (Lipinski definition) is 7. The molecule has 0 radical (unpaired) electrons. The van der Waals surface area contributed by atoms with Crippen LogP contribution in [0, 0.1) is 0 Å². The van der Waals surface area contributed by atoms with Crippen LogP contribution in [-0.2, 0) is 4.74 Å². The molecule has 0 saturated carbocycles. The van der Waals surface area contributed by atoms with Crippen LogP contribution < -0.4 is 10.1 Å². The van der Waals surface area contributed by atoms with E-state index >= 15 is 0 Å². The molecular weight excluding hydrogens is 320 g/mol. The van der Waals surface area contributed by atoms with Gasteiger partial charge in [-0.05, 0) is 29.8 Å². The van der Waals surface area contributed by atoms with E-state index in [0.29, 0.717) is 19.7 Å². The van der Waals surface area contributed by atoms with Crippen molar-refractivity contribution in [2.75, 3.05) is 45.2 Å². The summed E-state index contributed by atoms with van der Waals surface area (Å²) >= 11 is 0. The summed E-state index contributed by atoms with van der Waals surface area (Å²) in [4.78, 5) is 2.22. The molecule has 2 atom stereocenters. The molecule has 1 fully saturated rings. The lowest BCUT2D eigenvalue weighted by Gasteiger charge is -2.34. The van der Waals surface area contributed by atoms with Crippen LogP contribution in [0.1, 0.15) is 11.7 Å². The number of aromatic nitrogens is 2. The van der Waals surface area contributed by atoms with Gasteiger partial charge in [-0.2, -0.15) is 5.10 Å². The SMILES string of the molecule is COc1cccc([C@@H](O)CN2CCO[C@@H](CNc3cccnn3)C2)c1. The van der Waals surface area contributed by atoms with E-state index < -0.39 is 6.10 Å². The second-order valence-electron chi connectivity index (χ2n) is 6.03. The van der Waals surface area contributed by atoms with Crippen LogP contribution in [0.5, 0.6) is 5.75 Å². The van der Waals surface area contributed by atoms with E-state index in [1.54, 1.807) is 13.3 Å². The Kier molecular flexibility index (Phi) is 6.16. The van der Waals surface area contributed by atoms with Crippen LogP contribution in [-0.4, -0.2) is 66.2 Å². The highest BCUT2D eigenvalue weighted by Gasteiger charge is 2.23. The third-order valence-electron chi connectivity index (χ3n) is 4.22. The third kappa shape index (κ3) is 5.12. The summed E-state index contributed by atoms with van der Waals surface area (Å²) < 4.78 is 11.0. The molecule has 134 valence electrons. The number of ether oxygens (including phenoxy) is 2. The molecule has 25 heavy (non-hydrogen) atoms. The first-order valence-electron chi connectivity index (χ1n) is 8.42. The van der Waals surface area contributed by atoms with Crippen LogP contribution in [0.4, 0.5) is 5.82 Å². The summed E-state index contributed by atoms with van der Waals surface area (Å²) in [5.41, 5.74) is 0.861. The minimum Gasteiger partial charge on any atom is -0.497 e. The summed E-state index contributed by atoms with van der Waals surface area (Å²) in [6.07, 6.45) is 1.14. The first-order chi connectivity index (χ1) is 12.2. The van der Waals surface area contributed by atoms with Crippen molar-refractivity contribution in [1.82, 2.24) is 15.1 Å². The molecule has 0 unspecified atom stereocenters. The predicted octanol–water partition coefficient (Wildman–Crippen LogP) is 1.33. The fourth-order valence-corrected chi connectivity index (χ4v) is 2.88. The van der Waals surface area contributed by atoms with Crippen LogP contribution >= 0.6 is 0 Å². The van der Waals surface area contributed by atoms with Crippen molar-refractivity contribution in [3.8, 4) is 5.75 Å². The number of methoxy groups -OCH3 is 1. The number of hydrogen-bond donors (Lipinski definition) is 2. The Balaban J connectivity index is 1.50. The number of nitrogens with one attached hydrogen (secondary N) is 1. The van der Waals surface area contributed by atoms with E-state index in [2.05, 4.69) is 20.4 Å². The molecule has 2 N–H and O–H groups in total. The van der Waals surface area contributed by atoms with Gasteiger partial charge in [0.25, 0.3) is 0 Å². The Morgan fingerprint density at radius 1 is 1.40 bits per heavy atom. The Labute approximate surface area is 147 Å². The van der Waals surface area contributed by atoms with E-state index in [1.807, 2.05) is 36.4 Å². The first kappa shape index (κ1) is 17.6. The van der Waals surface area contributed by atoms with Crippen molar-refractivity contribution in [2.45, 2.75) is 12.2 Å². The van der Waals surface area contributed by atoms with Gasteiger partial charge in [-0.1, -0.05) is 12.1 Å². The number of morpholine rings is 1. The Bertz CT molecular complexity index is 656. The van der Waals surface area contributed by atoms with Gasteiger partial charge in [-0.3, -0.25) is 4.90 Å². The highest BCUT2D eigenvalue weighted by atomic mass is 16.5. The van der Waals surface area contributed by atoms with Gasteiger partial charge in [-0.25, -0.2) is 0 Å². The number of benzene rings is 1. The standard InChI is InChI=1S/C18H24N4O3/c1-24-15-5-2-4-14(10-15)17(23)13-22-8-9-25-16(12-22)11-19-18-6-3-7-20-21-18/h2-7,10,16-17,23H,8-9,11-13H2,1H3,(H,19,21)/t16-,17-/m0/s1. The second kappa shape index (κ2) is 8.75. The van der Waals surface area contributed by atoms with E-state index in [9.17, 15) is 5.11 Å². The number of anilines is 1. The summed E-state index contributed by atoms with van der Waals surface area (Å²) in [6.45, 7) is 3.44. The number of aliphatic hydroxyl groups excluding tert-OH is 1. The maximum Gasteiger partial charge on any atom is 0.148 e. The normalized spacial score (nSPS) is 19.4. The van der Waals surface area contributed by atoms with Crippen molar-refractivity contribution < 1.29 is 14.6 Å². The van der Waals surface area contributed by atoms with Crippen LogP contribution in [0.25, 0.3) is 0 Å². The summed E-state index contributed by atoms with van der Waals surface area (Å²) in [5, 5.41) is 21.6. The molecule has 1 saturated heterocycles. The molecular formula is C18H24N4O3. The molecule has 1 aliphatic rings. The molecule has 0 amide bonds. The lowest BCUT2D eigenvalue weighted by atomic mass is 10.1. The molecule has 7 nitrogen and oxygen atoms in total. The lowest BCUT2D eigenvalue weighted by Crippen LogP contribution is -2.46. The lowest BCUT2D eigenvalue weighted by molar-refractivity contribution is -0.0344. The minimum atomic E-state index is -0.554. The maximum atomic E-state index is 10.5. The zero-order valence-corrected chi connectivity index (χ0v) is 14.3. The molecule has 2 heterocycles. The zero-order valence-electron chi connectivity index (χ0n) is 14.3. The summed E-state index contributed by atoms with van der Waals surface area (Å²) in [6, 6.07) is 11.3. The molecule has 3 rings (SSSR count). The smallest absolute Gasteiger partial charge is 0.148 e. The van der Waals surface area contributed by atoms with E-state index in [-0.39, 0.29) is 6.10 Å². The minimum absolute atomic E-state index is 0.0493. The zero-order chi connectivity index (χ0) is 17.5. The Morgan fingerprint density at radius 2 is 2.32 bits per heavy atom. The van der Waals surface area contributed by atoms with Gasteiger partial charge < -0.3 is 19.9 Å². The highest BCUT2D eigenvalue weighted by molar-refractivity contribution is 5.31. The maximum absolute atomic E-state index is 10.5. The van der Waals surface area contributed by atoms with E-state index in [1.165, 1.54) is 0 Å². The number of rotatable bonds is 7. The first-order valence-corrected chi connectivity index (χ1v) is 8.42. The average Bonchev–Trinajstić information content (AvgIpc) is 2.67. The molecule has 0 spiro atoms. The molecule has 7 heteroatoms. The van der Waals surface area contributed by atoms with Crippen molar-refractivity contribution >= 4 is 5.82 Å². The van der Waals surface area contributed by atoms with Crippen LogP contribution in [0.3, 0.4) is 0 Å². The van der Waals surface area contributed by atoms with Gasteiger partial charge in [0.05, 0.1) is 25.9 Å². The van der Waals surface area contributed by atoms with Gasteiger partial charge in [0, 0.05) is 32.4 Å². The topological polar surface area (TPSA) is 79.7 Å². The Hall–Kier alpha value is -2.22. The molecule has 0 bridgehead atoms. The van der Waals surface area contributed by atoms with Crippen LogP contribution in [0.15, 0.2) is 42.6 Å². The number of β-amino-alcohol motifs (C(OH)–C–C–N with tert-alkyl or cyclic N) is 1. The van der Waals surface area contributed by atoms with Gasteiger partial charge >= 0.3 is 0 Å². The predicted molar refractivity (Wildman–Crippen MR) is 94.7 cm³/mol. The monoisotopic (exact) mass is 344 g/mol. The quantitative estimate of drug-likeness (QED) is 0.784. The fraction of sp³-hybridized carbons (Fsp3) is 0.444. The summed E-state index contributed by atoms with van der Waals surface area (Å²) in [5.74, 6) is 1.49. The van der Waals surface area contributed by atoms with Crippen molar-refractivity contribution in [3.05, 3.63) is 48.2 Å². The van der Waals surface area contributed by atoms with Crippen molar-refractivity contribution in [1.29, 1.82) is 0 Å².